The van der Waals surface area contributed by atoms with Crippen molar-refractivity contribution < 1.29 is 14.4 Å². The minimum atomic E-state index is -0.477. The van der Waals surface area contributed by atoms with Crippen molar-refractivity contribution in [1.29, 1.82) is 0 Å². The van der Waals surface area contributed by atoms with Gasteiger partial charge in [-0.3, -0.25) is 0 Å². The lowest BCUT2D eigenvalue weighted by Gasteiger charge is -2.07. The number of carbonyl (C=O) groups is 1. The molecule has 1 aliphatic heterocycles. The van der Waals surface area contributed by atoms with Crippen molar-refractivity contribution >= 4 is 29.4 Å². The van der Waals surface area contributed by atoms with Crippen molar-refractivity contribution in [3.8, 4) is 5.75 Å². The molecule has 5 heteroatoms. The number of oxime groups is 1. The van der Waals surface area contributed by atoms with Crippen LogP contribution in [-0.4, -0.2) is 11.7 Å². The van der Waals surface area contributed by atoms with E-state index in [1.54, 1.807) is 30.3 Å². The van der Waals surface area contributed by atoms with Crippen LogP contribution in [0.4, 0.5) is 0 Å². The monoisotopic (exact) mass is 403 g/mol. The largest absolute Gasteiger partial charge is 0.489 e. The molecule has 1 heterocycles. The van der Waals surface area contributed by atoms with Crippen molar-refractivity contribution in [3.05, 3.63) is 106 Å². The Morgan fingerprint density at radius 1 is 0.966 bits per heavy atom. The van der Waals surface area contributed by atoms with E-state index in [1.807, 2.05) is 24.3 Å². The molecular weight excluding hydrogens is 386 g/mol. The van der Waals surface area contributed by atoms with Gasteiger partial charge in [0.1, 0.15) is 18.1 Å². The quantitative estimate of drug-likeness (QED) is 0.413. The molecule has 3 aromatic carbocycles. The summed E-state index contributed by atoms with van der Waals surface area (Å²) in [5, 5.41) is 4.53. The van der Waals surface area contributed by atoms with E-state index in [0.717, 1.165) is 22.4 Å². The maximum Gasteiger partial charge on any atom is 0.368 e. The molecule has 0 aliphatic carbocycles. The van der Waals surface area contributed by atoms with Gasteiger partial charge >= 0.3 is 5.97 Å². The fourth-order valence-electron chi connectivity index (χ4n) is 2.90. The van der Waals surface area contributed by atoms with Crippen LogP contribution in [0.3, 0.4) is 0 Å². The van der Waals surface area contributed by atoms with Gasteiger partial charge in [-0.25, -0.2) is 4.79 Å². The number of ether oxygens (including phenoxy) is 1. The summed E-state index contributed by atoms with van der Waals surface area (Å²) in [5.74, 6) is 0.281. The van der Waals surface area contributed by atoms with Crippen molar-refractivity contribution in [2.24, 2.45) is 5.16 Å². The molecule has 0 fully saturated rings. The zero-order valence-electron chi connectivity index (χ0n) is 15.8. The highest BCUT2D eigenvalue weighted by Gasteiger charge is 2.26. The van der Waals surface area contributed by atoms with E-state index in [0.29, 0.717) is 22.9 Å². The Morgan fingerprint density at radius 2 is 1.66 bits per heavy atom. The molecule has 29 heavy (non-hydrogen) atoms. The zero-order valence-corrected chi connectivity index (χ0v) is 16.5. The first-order chi connectivity index (χ1) is 14.1. The second-order valence-corrected chi connectivity index (χ2v) is 7.16. The Bertz CT molecular complexity index is 1080. The minimum absolute atomic E-state index is 0.403. The van der Waals surface area contributed by atoms with Crippen LogP contribution in [0.2, 0.25) is 5.02 Å². The number of hydrogen-bond acceptors (Lipinski definition) is 4. The Hall–Kier alpha value is -3.37. The van der Waals surface area contributed by atoms with E-state index in [2.05, 4.69) is 36.3 Å². The van der Waals surface area contributed by atoms with Crippen LogP contribution in [0.1, 0.15) is 22.3 Å². The van der Waals surface area contributed by atoms with E-state index in [1.165, 1.54) is 5.56 Å². The highest BCUT2D eigenvalue weighted by Crippen LogP contribution is 2.23. The summed E-state index contributed by atoms with van der Waals surface area (Å²) in [4.78, 5) is 17.0. The van der Waals surface area contributed by atoms with Crippen molar-refractivity contribution in [1.82, 2.24) is 0 Å². The van der Waals surface area contributed by atoms with E-state index in [4.69, 9.17) is 21.2 Å². The third-order valence-electron chi connectivity index (χ3n) is 4.53. The first kappa shape index (κ1) is 19.0. The van der Waals surface area contributed by atoms with Crippen LogP contribution in [0.15, 0.2) is 83.5 Å². The van der Waals surface area contributed by atoms with Gasteiger partial charge in [-0.15, -0.1) is 0 Å². The number of carbonyl (C=O) groups excluding carboxylic acids is 1. The normalized spacial score (nSPS) is 14.6. The summed E-state index contributed by atoms with van der Waals surface area (Å²) >= 11 is 5.94. The Balaban J connectivity index is 1.48. The fraction of sp³-hybridized carbons (Fsp3) is 0.0833. The van der Waals surface area contributed by atoms with Crippen LogP contribution in [0.5, 0.6) is 5.75 Å². The van der Waals surface area contributed by atoms with Crippen molar-refractivity contribution in [2.75, 3.05) is 0 Å². The topological polar surface area (TPSA) is 47.9 Å². The van der Waals surface area contributed by atoms with Gasteiger partial charge in [-0.2, -0.15) is 0 Å². The molecule has 0 saturated heterocycles. The zero-order chi connectivity index (χ0) is 20.2. The van der Waals surface area contributed by atoms with Crippen molar-refractivity contribution in [2.45, 2.75) is 13.5 Å². The van der Waals surface area contributed by atoms with E-state index in [-0.39, 0.29) is 0 Å². The standard InChI is InChI=1S/C24H18ClNO3/c1-16-2-4-18(5-3-16)15-28-21-12-6-17(7-13-21)14-22-23(26-29-24(22)27)19-8-10-20(25)11-9-19/h2-14H,15H2,1H3/b22-14+. The van der Waals surface area contributed by atoms with Crippen molar-refractivity contribution in [3.63, 3.8) is 0 Å². The molecule has 0 bridgehead atoms. The van der Waals surface area contributed by atoms with Gasteiger partial charge < -0.3 is 9.57 Å². The van der Waals surface area contributed by atoms with Crippen LogP contribution in [0.25, 0.3) is 6.08 Å². The maximum absolute atomic E-state index is 12.1. The number of benzene rings is 3. The lowest BCUT2D eigenvalue weighted by molar-refractivity contribution is -0.136. The fourth-order valence-corrected chi connectivity index (χ4v) is 3.03. The Morgan fingerprint density at radius 3 is 2.34 bits per heavy atom. The van der Waals surface area contributed by atoms with Gasteiger partial charge in [0.2, 0.25) is 0 Å². The minimum Gasteiger partial charge on any atom is -0.489 e. The predicted octanol–water partition coefficient (Wildman–Crippen LogP) is 5.57. The van der Waals surface area contributed by atoms with Crippen LogP contribution in [-0.2, 0) is 16.2 Å². The average Bonchev–Trinajstić information content (AvgIpc) is 3.09. The molecule has 3 aromatic rings. The van der Waals surface area contributed by atoms with E-state index in [9.17, 15) is 4.79 Å². The van der Waals surface area contributed by atoms with Crippen LogP contribution >= 0.6 is 11.6 Å². The third-order valence-corrected chi connectivity index (χ3v) is 4.78. The summed E-state index contributed by atoms with van der Waals surface area (Å²) in [5.41, 5.74) is 4.84. The summed E-state index contributed by atoms with van der Waals surface area (Å²) in [6.45, 7) is 2.56. The lowest BCUT2D eigenvalue weighted by Crippen LogP contribution is -2.06. The SMILES string of the molecule is Cc1ccc(COc2ccc(/C=C3/C(=O)ON=C3c3ccc(Cl)cc3)cc2)cc1. The molecule has 0 radical (unpaired) electrons. The number of nitrogens with zero attached hydrogens (tertiary/aromatic N) is 1. The average molecular weight is 404 g/mol. The molecule has 1 aliphatic rings. The number of halogens is 1. The number of hydrogen-bond donors (Lipinski definition) is 0. The molecule has 4 rings (SSSR count). The van der Waals surface area contributed by atoms with E-state index >= 15 is 0 Å². The molecule has 0 aromatic heterocycles. The molecule has 0 spiro atoms. The van der Waals surface area contributed by atoms with Gasteiger partial charge in [0.05, 0.1) is 5.57 Å². The second-order valence-electron chi connectivity index (χ2n) is 6.73. The third kappa shape index (κ3) is 4.55. The molecule has 0 atom stereocenters. The van der Waals surface area contributed by atoms with Gasteiger partial charge in [0.15, 0.2) is 0 Å². The molecule has 144 valence electrons. The number of aryl methyl sites for hydroxylation is 1. The van der Waals surface area contributed by atoms with Crippen LogP contribution < -0.4 is 4.74 Å². The summed E-state index contributed by atoms with van der Waals surface area (Å²) in [7, 11) is 0. The molecular formula is C24H18ClNO3. The van der Waals surface area contributed by atoms with Gasteiger partial charge in [-0.05, 0) is 48.4 Å². The Labute approximate surface area is 174 Å². The second kappa shape index (κ2) is 8.33. The molecule has 0 N–H and O–H groups in total. The van der Waals surface area contributed by atoms with Gasteiger partial charge in [-0.1, -0.05) is 70.9 Å². The van der Waals surface area contributed by atoms with Gasteiger partial charge in [0, 0.05) is 10.6 Å². The van der Waals surface area contributed by atoms with Crippen LogP contribution in [0, 0.1) is 6.92 Å². The first-order valence-corrected chi connectivity index (χ1v) is 9.52. The molecule has 0 unspecified atom stereocenters. The summed E-state index contributed by atoms with van der Waals surface area (Å²) in [6.07, 6.45) is 1.76. The first-order valence-electron chi connectivity index (χ1n) is 9.14. The highest BCUT2D eigenvalue weighted by molar-refractivity contribution is 6.32. The van der Waals surface area contributed by atoms with Gasteiger partial charge in [0.25, 0.3) is 0 Å². The maximum atomic E-state index is 12.1. The number of rotatable bonds is 5. The highest BCUT2D eigenvalue weighted by atomic mass is 35.5. The Kier molecular flexibility index (Phi) is 5.45. The summed E-state index contributed by atoms with van der Waals surface area (Å²) in [6, 6.07) is 22.9. The smallest absolute Gasteiger partial charge is 0.368 e. The predicted molar refractivity (Wildman–Crippen MR) is 114 cm³/mol. The molecule has 0 amide bonds. The molecule has 0 saturated carbocycles. The lowest BCUT2D eigenvalue weighted by atomic mass is 10.0. The van der Waals surface area contributed by atoms with E-state index < -0.39 is 5.97 Å². The summed E-state index contributed by atoms with van der Waals surface area (Å²) < 4.78 is 5.83. The molecule has 4 nitrogen and oxygen atoms in total.